The van der Waals surface area contributed by atoms with Crippen LogP contribution < -0.4 is 5.32 Å². The molecule has 0 bridgehead atoms. The number of hydrogen-bond donors (Lipinski definition) is 1. The maximum absolute atomic E-state index is 13.5. The van der Waals surface area contributed by atoms with Crippen molar-refractivity contribution in [1.29, 1.82) is 0 Å². The summed E-state index contributed by atoms with van der Waals surface area (Å²) in [5, 5.41) is 3.68. The van der Waals surface area contributed by atoms with Gasteiger partial charge in [0, 0.05) is 17.1 Å². The number of nitrogens with one attached hydrogen (secondary N) is 1. The number of para-hydroxylation sites is 1. The SMILES string of the molecule is C[C@@H](SC1=Nc2ccccc2C2=N[C@H](c3ccccc3)C(=O)N12)C(=O)NCCc1ccc(Cl)cc1. The fraction of sp³-hybridized carbons (Fsp3) is 0.185. The number of fused-ring (bicyclic) bond motifs is 3. The number of carbonyl (C=O) groups is 2. The minimum absolute atomic E-state index is 0.115. The molecule has 2 atom stereocenters. The molecule has 6 nitrogen and oxygen atoms in total. The predicted molar refractivity (Wildman–Crippen MR) is 141 cm³/mol. The molecule has 2 aliphatic heterocycles. The summed E-state index contributed by atoms with van der Waals surface area (Å²) in [7, 11) is 0. The highest BCUT2D eigenvalue weighted by molar-refractivity contribution is 8.15. The van der Waals surface area contributed by atoms with Gasteiger partial charge in [0.25, 0.3) is 5.91 Å². The standard InChI is InChI=1S/C27H23ClN4O2S/c1-17(25(33)29-16-15-18-11-13-20(28)14-12-18)35-27-30-22-10-6-5-9-21(22)24-31-23(26(34)32(24)27)19-7-3-2-4-8-19/h2-14,17,23H,15-16H2,1H3,(H,29,33)/t17-,23-/m1/s1. The fourth-order valence-corrected chi connectivity index (χ4v) is 5.08. The van der Waals surface area contributed by atoms with Crippen LogP contribution >= 0.6 is 23.4 Å². The van der Waals surface area contributed by atoms with E-state index < -0.39 is 11.3 Å². The van der Waals surface area contributed by atoms with Gasteiger partial charge in [-0.15, -0.1) is 0 Å². The Morgan fingerprint density at radius 3 is 2.54 bits per heavy atom. The first-order chi connectivity index (χ1) is 17.0. The van der Waals surface area contributed by atoms with E-state index in [2.05, 4.69) is 5.32 Å². The molecular weight excluding hydrogens is 480 g/mol. The van der Waals surface area contributed by atoms with Crippen LogP contribution in [-0.2, 0) is 16.0 Å². The molecule has 0 spiro atoms. The minimum Gasteiger partial charge on any atom is -0.355 e. The maximum Gasteiger partial charge on any atom is 0.263 e. The van der Waals surface area contributed by atoms with Crippen molar-refractivity contribution >= 4 is 51.9 Å². The summed E-state index contributed by atoms with van der Waals surface area (Å²) in [6, 6.07) is 24.1. The molecule has 5 rings (SSSR count). The van der Waals surface area contributed by atoms with Crippen LogP contribution in [0.1, 0.15) is 29.7 Å². The molecule has 0 aromatic heterocycles. The van der Waals surface area contributed by atoms with Crippen LogP contribution in [0.2, 0.25) is 5.02 Å². The molecule has 0 saturated heterocycles. The first-order valence-electron chi connectivity index (χ1n) is 11.3. The summed E-state index contributed by atoms with van der Waals surface area (Å²) in [6.07, 6.45) is 0.703. The first kappa shape index (κ1) is 23.3. The average molecular weight is 503 g/mol. The Balaban J connectivity index is 1.32. The molecule has 35 heavy (non-hydrogen) atoms. The van der Waals surface area contributed by atoms with Crippen LogP contribution in [0.5, 0.6) is 0 Å². The zero-order chi connectivity index (χ0) is 24.4. The van der Waals surface area contributed by atoms with E-state index in [0.29, 0.717) is 29.0 Å². The molecule has 176 valence electrons. The zero-order valence-corrected chi connectivity index (χ0v) is 20.6. The Bertz CT molecular complexity index is 1320. The van der Waals surface area contributed by atoms with Crippen LogP contribution in [0.4, 0.5) is 5.69 Å². The molecule has 1 N–H and O–H groups in total. The third kappa shape index (κ3) is 4.88. The van der Waals surface area contributed by atoms with Crippen molar-refractivity contribution in [3.05, 3.63) is 101 Å². The summed E-state index contributed by atoms with van der Waals surface area (Å²) in [5.41, 5.74) is 3.47. The van der Waals surface area contributed by atoms with E-state index in [1.807, 2.05) is 85.8 Å². The van der Waals surface area contributed by atoms with Gasteiger partial charge in [-0.1, -0.05) is 78.0 Å². The number of nitrogens with zero attached hydrogens (tertiary/aromatic N) is 3. The van der Waals surface area contributed by atoms with Crippen molar-refractivity contribution in [1.82, 2.24) is 10.2 Å². The van der Waals surface area contributed by atoms with E-state index in [4.69, 9.17) is 21.6 Å². The number of carbonyl (C=O) groups excluding carboxylic acids is 2. The van der Waals surface area contributed by atoms with Gasteiger partial charge < -0.3 is 5.32 Å². The van der Waals surface area contributed by atoms with Crippen molar-refractivity contribution in [3.63, 3.8) is 0 Å². The number of benzene rings is 3. The minimum atomic E-state index is -0.633. The Labute approximate surface area is 213 Å². The first-order valence-corrected chi connectivity index (χ1v) is 12.6. The number of thioether (sulfide) groups is 1. The highest BCUT2D eigenvalue weighted by atomic mass is 35.5. The second-order valence-electron chi connectivity index (χ2n) is 8.28. The number of rotatable bonds is 6. The lowest BCUT2D eigenvalue weighted by atomic mass is 10.1. The Morgan fingerprint density at radius 2 is 1.77 bits per heavy atom. The highest BCUT2D eigenvalue weighted by Crippen LogP contribution is 2.38. The molecule has 8 heteroatoms. The summed E-state index contributed by atoms with van der Waals surface area (Å²) in [5.74, 6) is 0.296. The second kappa shape index (κ2) is 10.1. The molecule has 0 fully saturated rings. The van der Waals surface area contributed by atoms with Crippen LogP contribution in [0.25, 0.3) is 0 Å². The lowest BCUT2D eigenvalue weighted by Gasteiger charge is -2.26. The predicted octanol–water partition coefficient (Wildman–Crippen LogP) is 5.15. The van der Waals surface area contributed by atoms with E-state index in [9.17, 15) is 9.59 Å². The quantitative estimate of drug-likeness (QED) is 0.506. The van der Waals surface area contributed by atoms with Crippen molar-refractivity contribution in [3.8, 4) is 0 Å². The third-order valence-corrected chi connectivity index (χ3v) is 7.17. The van der Waals surface area contributed by atoms with E-state index in [0.717, 1.165) is 22.4 Å². The normalized spacial score (nSPS) is 17.3. The van der Waals surface area contributed by atoms with E-state index in [1.54, 1.807) is 4.90 Å². The van der Waals surface area contributed by atoms with Gasteiger partial charge in [-0.2, -0.15) is 0 Å². The van der Waals surface area contributed by atoms with Crippen molar-refractivity contribution in [2.75, 3.05) is 6.54 Å². The van der Waals surface area contributed by atoms with Crippen LogP contribution in [0.15, 0.2) is 88.8 Å². The van der Waals surface area contributed by atoms with Crippen LogP contribution in [0, 0.1) is 0 Å². The fourth-order valence-electron chi connectivity index (χ4n) is 4.02. The Morgan fingerprint density at radius 1 is 1.06 bits per heavy atom. The van der Waals surface area contributed by atoms with Gasteiger partial charge >= 0.3 is 0 Å². The average Bonchev–Trinajstić information content (AvgIpc) is 3.23. The zero-order valence-electron chi connectivity index (χ0n) is 19.0. The van der Waals surface area contributed by atoms with E-state index in [-0.39, 0.29) is 11.8 Å². The second-order valence-corrected chi connectivity index (χ2v) is 10.0. The summed E-state index contributed by atoms with van der Waals surface area (Å²) < 4.78 is 0. The monoisotopic (exact) mass is 502 g/mol. The van der Waals surface area contributed by atoms with Crippen molar-refractivity contribution < 1.29 is 9.59 Å². The molecular formula is C27H23ClN4O2S. The number of amides is 2. The molecule has 3 aromatic rings. The molecule has 0 unspecified atom stereocenters. The molecule has 0 aliphatic carbocycles. The number of halogens is 1. The smallest absolute Gasteiger partial charge is 0.263 e. The Hall–Kier alpha value is -3.42. The molecule has 2 amide bonds. The lowest BCUT2D eigenvalue weighted by molar-refractivity contribution is -0.124. The maximum atomic E-state index is 13.5. The van der Waals surface area contributed by atoms with E-state index >= 15 is 0 Å². The van der Waals surface area contributed by atoms with Gasteiger partial charge in [-0.25, -0.2) is 14.9 Å². The third-order valence-electron chi connectivity index (χ3n) is 5.86. The highest BCUT2D eigenvalue weighted by Gasteiger charge is 2.42. The summed E-state index contributed by atoms with van der Waals surface area (Å²) in [4.78, 5) is 37.4. The van der Waals surface area contributed by atoms with Crippen molar-refractivity contribution in [2.45, 2.75) is 24.6 Å². The molecule has 0 saturated carbocycles. The largest absolute Gasteiger partial charge is 0.355 e. The Kier molecular flexibility index (Phi) is 6.70. The number of amidine groups is 2. The molecule has 0 radical (unpaired) electrons. The molecule has 3 aromatic carbocycles. The topological polar surface area (TPSA) is 74.1 Å². The van der Waals surface area contributed by atoms with Gasteiger partial charge in [0.15, 0.2) is 11.2 Å². The van der Waals surface area contributed by atoms with Gasteiger partial charge in [0.05, 0.1) is 10.9 Å². The lowest BCUT2D eigenvalue weighted by Crippen LogP contribution is -2.42. The summed E-state index contributed by atoms with van der Waals surface area (Å²) in [6.45, 7) is 2.32. The number of hydrogen-bond acceptors (Lipinski definition) is 5. The van der Waals surface area contributed by atoms with Crippen LogP contribution in [0.3, 0.4) is 0 Å². The van der Waals surface area contributed by atoms with E-state index in [1.165, 1.54) is 11.8 Å². The molecule has 2 heterocycles. The molecule has 2 aliphatic rings. The van der Waals surface area contributed by atoms with Crippen LogP contribution in [-0.4, -0.2) is 39.5 Å². The van der Waals surface area contributed by atoms with Gasteiger partial charge in [0.2, 0.25) is 5.91 Å². The number of aliphatic imine (C=N–C) groups is 2. The van der Waals surface area contributed by atoms with Gasteiger partial charge in [0.1, 0.15) is 5.84 Å². The summed E-state index contributed by atoms with van der Waals surface area (Å²) >= 11 is 7.20. The van der Waals surface area contributed by atoms with Crippen molar-refractivity contribution in [2.24, 2.45) is 9.98 Å². The van der Waals surface area contributed by atoms with Gasteiger partial charge in [-0.3, -0.25) is 9.59 Å². The van der Waals surface area contributed by atoms with Gasteiger partial charge in [-0.05, 0) is 48.7 Å².